The molecule has 1 aromatic carbocycles. The van der Waals surface area contributed by atoms with E-state index in [2.05, 4.69) is 16.6 Å². The number of amides is 1. The Morgan fingerprint density at radius 2 is 2.11 bits per heavy atom. The van der Waals surface area contributed by atoms with E-state index in [-0.39, 0.29) is 18.1 Å². The molecule has 0 aliphatic carbocycles. The van der Waals surface area contributed by atoms with Gasteiger partial charge in [-0.3, -0.25) is 20.2 Å². The lowest BCUT2D eigenvalue weighted by Gasteiger charge is -2.10. The molecule has 0 unspecified atom stereocenters. The lowest BCUT2D eigenvalue weighted by molar-refractivity contribution is -0.385. The first-order valence-corrected chi connectivity index (χ1v) is 5.65. The van der Waals surface area contributed by atoms with Crippen molar-refractivity contribution in [2.75, 3.05) is 18.4 Å². The van der Waals surface area contributed by atoms with Gasteiger partial charge in [0.1, 0.15) is 0 Å². The van der Waals surface area contributed by atoms with Crippen molar-refractivity contribution in [3.63, 3.8) is 0 Å². The molecule has 1 rings (SSSR count). The zero-order valence-corrected chi connectivity index (χ0v) is 10.8. The number of carbonyl (C=O) groups is 1. The Balaban J connectivity index is 2.80. The van der Waals surface area contributed by atoms with E-state index in [1.165, 1.54) is 6.07 Å². The molecular weight excluding hydrogens is 246 g/mol. The maximum atomic E-state index is 11.6. The number of nitro groups is 1. The van der Waals surface area contributed by atoms with Crippen LogP contribution in [0.25, 0.3) is 0 Å². The largest absolute Gasteiger partial charge is 0.325 e. The van der Waals surface area contributed by atoms with Crippen LogP contribution in [-0.2, 0) is 4.79 Å². The molecular formula is C13H15N3O3. The van der Waals surface area contributed by atoms with E-state index >= 15 is 0 Å². The summed E-state index contributed by atoms with van der Waals surface area (Å²) in [5, 5.41) is 16.2. The number of terminal acetylenes is 1. The van der Waals surface area contributed by atoms with Crippen molar-refractivity contribution in [1.29, 1.82) is 0 Å². The molecule has 0 bridgehead atoms. The van der Waals surface area contributed by atoms with Gasteiger partial charge in [0.05, 0.1) is 18.0 Å². The van der Waals surface area contributed by atoms with Crippen molar-refractivity contribution < 1.29 is 9.72 Å². The average Bonchev–Trinajstić information content (AvgIpc) is 2.33. The Morgan fingerprint density at radius 3 is 2.68 bits per heavy atom. The van der Waals surface area contributed by atoms with Crippen LogP contribution in [0, 0.1) is 36.3 Å². The van der Waals surface area contributed by atoms with Gasteiger partial charge in [0.25, 0.3) is 5.69 Å². The summed E-state index contributed by atoms with van der Waals surface area (Å²) in [4.78, 5) is 21.9. The lowest BCUT2D eigenvalue weighted by atomic mass is 10.1. The summed E-state index contributed by atoms with van der Waals surface area (Å²) >= 11 is 0. The van der Waals surface area contributed by atoms with Gasteiger partial charge in [0, 0.05) is 17.3 Å². The minimum absolute atomic E-state index is 0.0426. The number of hydrogen-bond acceptors (Lipinski definition) is 4. The number of anilines is 1. The summed E-state index contributed by atoms with van der Waals surface area (Å²) in [6, 6.07) is 3.03. The highest BCUT2D eigenvalue weighted by atomic mass is 16.6. The number of benzene rings is 1. The second-order valence-corrected chi connectivity index (χ2v) is 4.07. The van der Waals surface area contributed by atoms with Crippen LogP contribution in [-0.4, -0.2) is 23.9 Å². The minimum atomic E-state index is -0.442. The maximum Gasteiger partial charge on any atom is 0.272 e. The van der Waals surface area contributed by atoms with E-state index in [0.717, 1.165) is 0 Å². The van der Waals surface area contributed by atoms with E-state index in [1.807, 2.05) is 0 Å². The highest BCUT2D eigenvalue weighted by molar-refractivity contribution is 5.93. The third-order valence-corrected chi connectivity index (χ3v) is 2.53. The van der Waals surface area contributed by atoms with Gasteiger partial charge in [-0.1, -0.05) is 5.92 Å². The number of rotatable bonds is 5. The first-order valence-electron chi connectivity index (χ1n) is 5.65. The molecule has 0 aliphatic heterocycles. The minimum Gasteiger partial charge on any atom is -0.325 e. The van der Waals surface area contributed by atoms with Crippen LogP contribution < -0.4 is 10.6 Å². The normalized spacial score (nSPS) is 9.74. The van der Waals surface area contributed by atoms with Crippen LogP contribution in [0.4, 0.5) is 11.4 Å². The van der Waals surface area contributed by atoms with E-state index in [9.17, 15) is 14.9 Å². The molecule has 0 saturated carbocycles. The summed E-state index contributed by atoms with van der Waals surface area (Å²) in [5.41, 5.74) is 1.75. The van der Waals surface area contributed by atoms with Crippen molar-refractivity contribution >= 4 is 17.3 Å². The summed E-state index contributed by atoms with van der Waals surface area (Å²) in [6.45, 7) is 3.74. The van der Waals surface area contributed by atoms with Gasteiger partial charge >= 0.3 is 0 Å². The second-order valence-electron chi connectivity index (χ2n) is 4.07. The number of nitrogens with one attached hydrogen (secondary N) is 2. The zero-order chi connectivity index (χ0) is 14.4. The first kappa shape index (κ1) is 14.7. The number of nitro benzene ring substituents is 1. The fourth-order valence-electron chi connectivity index (χ4n) is 1.57. The van der Waals surface area contributed by atoms with Gasteiger partial charge in [-0.2, -0.15) is 0 Å². The molecule has 1 aromatic rings. The molecule has 0 fully saturated rings. The van der Waals surface area contributed by atoms with Gasteiger partial charge < -0.3 is 5.32 Å². The molecule has 0 atom stereocenters. The van der Waals surface area contributed by atoms with Crippen molar-refractivity contribution in [1.82, 2.24) is 5.32 Å². The maximum absolute atomic E-state index is 11.6. The number of aryl methyl sites for hydroxylation is 2. The standard InChI is InChI=1S/C13H15N3O3/c1-4-5-14-8-13(17)15-11-6-10(3)12(16(18)19)7-9(11)2/h1,6-7,14H,5,8H2,2-3H3,(H,15,17). The molecule has 0 heterocycles. The van der Waals surface area contributed by atoms with E-state index in [1.54, 1.807) is 19.9 Å². The molecule has 0 radical (unpaired) electrons. The Labute approximate surface area is 111 Å². The highest BCUT2D eigenvalue weighted by Crippen LogP contribution is 2.25. The summed E-state index contributed by atoms with van der Waals surface area (Å²) in [6.07, 6.45) is 5.05. The third kappa shape index (κ3) is 4.08. The van der Waals surface area contributed by atoms with Gasteiger partial charge in [-0.15, -0.1) is 6.42 Å². The molecule has 100 valence electrons. The van der Waals surface area contributed by atoms with E-state index < -0.39 is 4.92 Å². The van der Waals surface area contributed by atoms with Crippen LogP contribution in [0.5, 0.6) is 0 Å². The molecule has 1 amide bonds. The molecule has 0 saturated heterocycles. The molecule has 0 spiro atoms. The molecule has 0 aliphatic rings. The summed E-state index contributed by atoms with van der Waals surface area (Å²) in [7, 11) is 0. The zero-order valence-electron chi connectivity index (χ0n) is 10.8. The quantitative estimate of drug-likeness (QED) is 0.363. The van der Waals surface area contributed by atoms with Crippen molar-refractivity contribution in [3.05, 3.63) is 33.4 Å². The first-order chi connectivity index (χ1) is 8.95. The SMILES string of the molecule is C#CCNCC(=O)Nc1cc(C)c([N+](=O)[O-])cc1C. The van der Waals surface area contributed by atoms with Crippen molar-refractivity contribution in [2.24, 2.45) is 0 Å². The lowest BCUT2D eigenvalue weighted by Crippen LogP contribution is -2.28. The summed E-state index contributed by atoms with van der Waals surface area (Å²) < 4.78 is 0. The molecule has 6 heteroatoms. The van der Waals surface area contributed by atoms with Crippen LogP contribution >= 0.6 is 0 Å². The predicted octanol–water partition coefficient (Wildman–Crippen LogP) is 1.37. The Morgan fingerprint density at radius 1 is 1.42 bits per heavy atom. The third-order valence-electron chi connectivity index (χ3n) is 2.53. The molecule has 19 heavy (non-hydrogen) atoms. The van der Waals surface area contributed by atoms with E-state index in [0.29, 0.717) is 23.4 Å². The Kier molecular flexibility index (Phi) is 5.03. The molecule has 2 N–H and O–H groups in total. The van der Waals surface area contributed by atoms with Crippen LogP contribution in [0.3, 0.4) is 0 Å². The molecule has 0 aromatic heterocycles. The Hall–Kier alpha value is -2.39. The van der Waals surface area contributed by atoms with E-state index in [4.69, 9.17) is 6.42 Å². The van der Waals surface area contributed by atoms with Crippen molar-refractivity contribution in [2.45, 2.75) is 13.8 Å². The monoisotopic (exact) mass is 261 g/mol. The number of hydrogen-bond donors (Lipinski definition) is 2. The van der Waals surface area contributed by atoms with Gasteiger partial charge in [0.15, 0.2) is 0 Å². The smallest absolute Gasteiger partial charge is 0.272 e. The summed E-state index contributed by atoms with van der Waals surface area (Å²) in [5.74, 6) is 2.12. The fraction of sp³-hybridized carbons (Fsp3) is 0.308. The van der Waals surface area contributed by atoms with Crippen LogP contribution in [0.1, 0.15) is 11.1 Å². The fourth-order valence-corrected chi connectivity index (χ4v) is 1.57. The number of carbonyl (C=O) groups excluding carboxylic acids is 1. The predicted molar refractivity (Wildman–Crippen MR) is 72.9 cm³/mol. The van der Waals surface area contributed by atoms with Crippen molar-refractivity contribution in [3.8, 4) is 12.3 Å². The second kappa shape index (κ2) is 6.52. The van der Waals surface area contributed by atoms with Crippen LogP contribution in [0.2, 0.25) is 0 Å². The van der Waals surface area contributed by atoms with Gasteiger partial charge in [0.2, 0.25) is 5.91 Å². The van der Waals surface area contributed by atoms with Gasteiger partial charge in [-0.05, 0) is 25.5 Å². The average molecular weight is 261 g/mol. The molecule has 6 nitrogen and oxygen atoms in total. The topological polar surface area (TPSA) is 84.3 Å². The van der Waals surface area contributed by atoms with Gasteiger partial charge in [-0.25, -0.2) is 0 Å². The highest BCUT2D eigenvalue weighted by Gasteiger charge is 2.14. The number of nitrogens with zero attached hydrogens (tertiary/aromatic N) is 1. The van der Waals surface area contributed by atoms with Crippen LogP contribution in [0.15, 0.2) is 12.1 Å². The Bertz CT molecular complexity index is 547.